The minimum Gasteiger partial charge on any atom is -0.493 e. The van der Waals surface area contributed by atoms with Crippen LogP contribution < -0.4 is 9.47 Å². The Bertz CT molecular complexity index is 1470. The summed E-state index contributed by atoms with van der Waals surface area (Å²) in [7, 11) is 1.63. The average molecular weight is 544 g/mol. The van der Waals surface area contributed by atoms with Crippen LogP contribution in [0.5, 0.6) is 11.5 Å². The first-order valence-electron chi connectivity index (χ1n) is 13.4. The summed E-state index contributed by atoms with van der Waals surface area (Å²) in [5.74, 6) is 1.04. The molecular weight excluding hydrogens is 510 g/mol. The first kappa shape index (κ1) is 26.7. The summed E-state index contributed by atoms with van der Waals surface area (Å²) < 4.78 is 13.5. The van der Waals surface area contributed by atoms with Gasteiger partial charge in [0.05, 0.1) is 19.2 Å². The van der Waals surface area contributed by atoms with Crippen molar-refractivity contribution in [2.75, 3.05) is 13.7 Å². The minimum absolute atomic E-state index is 0.0646. The highest BCUT2D eigenvalue weighted by atomic mass is 32.2. The summed E-state index contributed by atoms with van der Waals surface area (Å²) in [6.07, 6.45) is 10.5. The molecule has 2 aromatic carbocycles. The van der Waals surface area contributed by atoms with Gasteiger partial charge in [0, 0.05) is 22.7 Å². The van der Waals surface area contributed by atoms with Crippen LogP contribution >= 0.6 is 11.8 Å². The summed E-state index contributed by atoms with van der Waals surface area (Å²) in [6.45, 7) is 3.25. The van der Waals surface area contributed by atoms with E-state index in [0.29, 0.717) is 29.8 Å². The van der Waals surface area contributed by atoms with Crippen LogP contribution in [0.4, 0.5) is 0 Å². The molecular formula is C30H33N5O3S. The standard InChI is InChI=1S/C30H33N5O3S/c1-3-4-5-6-7-16-27-33-35-28(31)23(29(36)32-30(35)39-27)19-21-20-34(24-13-9-8-12-22(21)24)17-18-38-26-15-11-10-14-25(26)37-2/h8-15,19-20,31H,3-7,16-18H2,1-2H3/b23-19-,31-28?. The third kappa shape index (κ3) is 5.93. The number of aromatic nitrogens is 1. The van der Waals surface area contributed by atoms with E-state index in [1.807, 2.05) is 54.7 Å². The molecule has 2 aliphatic rings. The number of hydrogen-bond acceptors (Lipinski definition) is 6. The molecule has 1 N–H and O–H groups in total. The van der Waals surface area contributed by atoms with E-state index < -0.39 is 5.91 Å². The maximum atomic E-state index is 13.0. The maximum absolute atomic E-state index is 13.0. The Morgan fingerprint density at radius 1 is 1.03 bits per heavy atom. The molecule has 0 fully saturated rings. The summed E-state index contributed by atoms with van der Waals surface area (Å²) in [5, 5.41) is 17.3. The number of rotatable bonds is 12. The topological polar surface area (TPSA) is 92.3 Å². The quantitative estimate of drug-likeness (QED) is 0.202. The predicted octanol–water partition coefficient (Wildman–Crippen LogP) is 6.71. The molecule has 9 heteroatoms. The second-order valence-electron chi connectivity index (χ2n) is 9.47. The second-order valence-corrected chi connectivity index (χ2v) is 10.5. The molecule has 0 saturated heterocycles. The smallest absolute Gasteiger partial charge is 0.283 e. The lowest BCUT2D eigenvalue weighted by Gasteiger charge is -2.20. The Hall–Kier alpha value is -3.85. The molecule has 1 amide bonds. The van der Waals surface area contributed by atoms with Crippen LogP contribution in [0.2, 0.25) is 0 Å². The third-order valence-corrected chi connectivity index (χ3v) is 7.74. The number of thioether (sulfide) groups is 1. The predicted molar refractivity (Wildman–Crippen MR) is 159 cm³/mol. The van der Waals surface area contributed by atoms with E-state index in [0.717, 1.165) is 40.8 Å². The normalized spacial score (nSPS) is 16.1. The molecule has 2 aliphatic heterocycles. The number of para-hydroxylation sites is 3. The van der Waals surface area contributed by atoms with E-state index >= 15 is 0 Å². The van der Waals surface area contributed by atoms with Gasteiger partial charge in [-0.15, -0.1) is 0 Å². The lowest BCUT2D eigenvalue weighted by Crippen LogP contribution is -2.35. The monoisotopic (exact) mass is 543 g/mol. The van der Waals surface area contributed by atoms with E-state index in [4.69, 9.17) is 14.9 Å². The van der Waals surface area contributed by atoms with Gasteiger partial charge in [0.1, 0.15) is 11.7 Å². The molecule has 3 heterocycles. The fourth-order valence-corrected chi connectivity index (χ4v) is 5.66. The number of nitrogens with zero attached hydrogens (tertiary/aromatic N) is 4. The van der Waals surface area contributed by atoms with E-state index in [1.54, 1.807) is 13.2 Å². The van der Waals surface area contributed by atoms with Gasteiger partial charge in [0.15, 0.2) is 17.3 Å². The van der Waals surface area contributed by atoms with E-state index in [2.05, 4.69) is 21.6 Å². The molecule has 0 spiro atoms. The number of fused-ring (bicyclic) bond motifs is 2. The van der Waals surface area contributed by atoms with Crippen molar-refractivity contribution in [3.8, 4) is 11.5 Å². The fraction of sp³-hybridized carbons (Fsp3) is 0.333. The number of ether oxygens (including phenoxy) is 2. The zero-order valence-electron chi connectivity index (χ0n) is 22.4. The Morgan fingerprint density at radius 2 is 1.79 bits per heavy atom. The number of aliphatic imine (C=N–C) groups is 1. The third-order valence-electron chi connectivity index (χ3n) is 6.77. The molecule has 0 aliphatic carbocycles. The van der Waals surface area contributed by atoms with E-state index in [-0.39, 0.29) is 11.4 Å². The van der Waals surface area contributed by atoms with Gasteiger partial charge in [0.2, 0.25) is 5.17 Å². The Kier molecular flexibility index (Phi) is 8.46. The average Bonchev–Trinajstić information content (AvgIpc) is 3.52. The number of benzene rings is 2. The van der Waals surface area contributed by atoms with Crippen LogP contribution in [0, 0.1) is 5.41 Å². The minimum atomic E-state index is -0.408. The first-order chi connectivity index (χ1) is 19.1. The zero-order valence-corrected chi connectivity index (χ0v) is 23.2. The maximum Gasteiger partial charge on any atom is 0.283 e. The number of carbonyl (C=O) groups excluding carboxylic acids is 1. The van der Waals surface area contributed by atoms with Gasteiger partial charge >= 0.3 is 0 Å². The first-order valence-corrected chi connectivity index (χ1v) is 14.2. The molecule has 0 saturated carbocycles. The fourth-order valence-electron chi connectivity index (χ4n) is 4.74. The lowest BCUT2D eigenvalue weighted by atomic mass is 10.1. The van der Waals surface area contributed by atoms with Gasteiger partial charge in [-0.2, -0.15) is 15.1 Å². The molecule has 1 aromatic heterocycles. The highest BCUT2D eigenvalue weighted by molar-refractivity contribution is 8.26. The summed E-state index contributed by atoms with van der Waals surface area (Å²) in [6, 6.07) is 15.6. The lowest BCUT2D eigenvalue weighted by molar-refractivity contribution is -0.114. The largest absolute Gasteiger partial charge is 0.493 e. The van der Waals surface area contributed by atoms with Crippen molar-refractivity contribution in [1.29, 1.82) is 5.41 Å². The van der Waals surface area contributed by atoms with Gasteiger partial charge in [-0.05, 0) is 48.9 Å². The zero-order chi connectivity index (χ0) is 27.2. The van der Waals surface area contributed by atoms with E-state index in [9.17, 15) is 4.79 Å². The number of hydrogen-bond donors (Lipinski definition) is 1. The molecule has 8 nitrogen and oxygen atoms in total. The van der Waals surface area contributed by atoms with Crippen LogP contribution in [0.1, 0.15) is 51.0 Å². The molecule has 0 unspecified atom stereocenters. The van der Waals surface area contributed by atoms with Crippen LogP contribution in [-0.2, 0) is 11.3 Å². The molecule has 0 radical (unpaired) electrons. The van der Waals surface area contributed by atoms with Gasteiger partial charge in [-0.25, -0.2) is 0 Å². The van der Waals surface area contributed by atoms with Crippen molar-refractivity contribution in [3.63, 3.8) is 0 Å². The summed E-state index contributed by atoms with van der Waals surface area (Å²) in [4.78, 5) is 17.3. The number of amidine groups is 2. The number of hydrazone groups is 1. The number of nitrogens with one attached hydrogen (secondary N) is 1. The second kappa shape index (κ2) is 12.3. The van der Waals surface area contributed by atoms with Crippen molar-refractivity contribution in [3.05, 3.63) is 65.9 Å². The van der Waals surface area contributed by atoms with Crippen molar-refractivity contribution >= 4 is 50.7 Å². The molecule has 5 rings (SSSR count). The Morgan fingerprint density at radius 3 is 2.62 bits per heavy atom. The summed E-state index contributed by atoms with van der Waals surface area (Å²) >= 11 is 1.40. The molecule has 0 atom stereocenters. The van der Waals surface area contributed by atoms with E-state index in [1.165, 1.54) is 36.0 Å². The van der Waals surface area contributed by atoms with Crippen LogP contribution in [0.15, 0.2) is 70.4 Å². The van der Waals surface area contributed by atoms with Gasteiger partial charge in [-0.1, -0.05) is 62.9 Å². The Labute approximate surface area is 232 Å². The number of amides is 1. The van der Waals surface area contributed by atoms with Gasteiger partial charge < -0.3 is 14.0 Å². The number of unbranched alkanes of at least 4 members (excludes halogenated alkanes) is 4. The summed E-state index contributed by atoms with van der Waals surface area (Å²) in [5.41, 5.74) is 2.11. The van der Waals surface area contributed by atoms with Gasteiger partial charge in [0.25, 0.3) is 5.91 Å². The number of methoxy groups -OCH3 is 1. The number of carbonyl (C=O) groups is 1. The van der Waals surface area contributed by atoms with Crippen LogP contribution in [0.25, 0.3) is 17.0 Å². The highest BCUT2D eigenvalue weighted by Crippen LogP contribution is 2.32. The van der Waals surface area contributed by atoms with Gasteiger partial charge in [-0.3, -0.25) is 10.2 Å². The van der Waals surface area contributed by atoms with Crippen LogP contribution in [0.3, 0.4) is 0 Å². The van der Waals surface area contributed by atoms with Crippen molar-refractivity contribution in [2.45, 2.75) is 52.0 Å². The highest BCUT2D eigenvalue weighted by Gasteiger charge is 2.35. The SMILES string of the molecule is CCCCCCCC1=NN2C(=N)/C(=C/c3cn(CCOc4ccccc4OC)c4ccccc34)C(=O)N=C2S1. The van der Waals surface area contributed by atoms with Crippen molar-refractivity contribution < 1.29 is 14.3 Å². The molecule has 0 bridgehead atoms. The van der Waals surface area contributed by atoms with Crippen LogP contribution in [-0.4, -0.2) is 45.2 Å². The van der Waals surface area contributed by atoms with Crippen molar-refractivity contribution in [1.82, 2.24) is 9.58 Å². The molecule has 39 heavy (non-hydrogen) atoms. The Balaban J connectivity index is 1.33. The molecule has 202 valence electrons. The van der Waals surface area contributed by atoms with Crippen molar-refractivity contribution in [2.24, 2.45) is 10.1 Å². The molecule has 3 aromatic rings.